The van der Waals surface area contributed by atoms with Crippen LogP contribution in [0, 0.1) is 0 Å². The molecule has 122 valence electrons. The van der Waals surface area contributed by atoms with Gasteiger partial charge in [0, 0.05) is 16.3 Å². The first-order valence-corrected chi connectivity index (χ1v) is 8.41. The predicted molar refractivity (Wildman–Crippen MR) is 89.2 cm³/mol. The minimum absolute atomic E-state index is 0.0761. The molecule has 0 bridgehead atoms. The molecular formula is C17H25NO3S. The van der Waals surface area contributed by atoms with Crippen molar-refractivity contribution in [2.45, 2.75) is 46.1 Å². The summed E-state index contributed by atoms with van der Waals surface area (Å²) in [6.07, 6.45) is 0.818. The molecule has 1 aromatic heterocycles. The summed E-state index contributed by atoms with van der Waals surface area (Å²) >= 11 is 1.71. The number of hydrogen-bond acceptors (Lipinski definition) is 5. The highest BCUT2D eigenvalue weighted by atomic mass is 32.1. The van der Waals surface area contributed by atoms with Gasteiger partial charge in [-0.3, -0.25) is 0 Å². The number of ether oxygens (including phenoxy) is 2. The Balaban J connectivity index is 2.40. The molecule has 0 unspecified atom stereocenters. The van der Waals surface area contributed by atoms with Crippen molar-refractivity contribution in [3.63, 3.8) is 0 Å². The monoisotopic (exact) mass is 323 g/mol. The molecule has 0 N–H and O–H groups in total. The quantitative estimate of drug-likeness (QED) is 0.625. The third-order valence-electron chi connectivity index (χ3n) is 3.79. The van der Waals surface area contributed by atoms with Crippen LogP contribution in [-0.4, -0.2) is 31.1 Å². The van der Waals surface area contributed by atoms with Crippen molar-refractivity contribution >= 4 is 17.3 Å². The normalized spacial score (nSPS) is 14.5. The molecule has 0 atom stereocenters. The molecule has 0 amide bonds. The van der Waals surface area contributed by atoms with Gasteiger partial charge in [-0.15, -0.1) is 11.3 Å². The first kappa shape index (κ1) is 16.9. The van der Waals surface area contributed by atoms with Gasteiger partial charge in [0.15, 0.2) is 5.88 Å². The average Bonchev–Trinajstić information content (AvgIpc) is 2.85. The van der Waals surface area contributed by atoms with E-state index in [2.05, 4.69) is 32.3 Å². The zero-order chi connectivity index (χ0) is 16.5. The van der Waals surface area contributed by atoms with Crippen molar-refractivity contribution in [1.82, 2.24) is 4.90 Å². The minimum atomic E-state index is -0.223. The molecule has 0 aromatic carbocycles. The summed E-state index contributed by atoms with van der Waals surface area (Å²) in [5, 5.41) is 0. The summed E-state index contributed by atoms with van der Waals surface area (Å²) < 4.78 is 10.5. The van der Waals surface area contributed by atoms with E-state index in [0.717, 1.165) is 35.5 Å². The standard InChI is InChI=1S/C17H25NO3S/c1-7-21-11(2)18-9-8-12-13(10-18)22-15(17(3,4)5)14(12)16(19)20-6/h2,7-10H2,1,3-6H3. The Bertz CT molecular complexity index is 583. The molecule has 0 saturated carbocycles. The smallest absolute Gasteiger partial charge is 0.339 e. The Morgan fingerprint density at radius 3 is 2.64 bits per heavy atom. The van der Waals surface area contributed by atoms with Gasteiger partial charge in [-0.2, -0.15) is 0 Å². The molecule has 22 heavy (non-hydrogen) atoms. The predicted octanol–water partition coefficient (Wildman–Crippen LogP) is 3.70. The van der Waals surface area contributed by atoms with Crippen molar-refractivity contribution < 1.29 is 14.3 Å². The van der Waals surface area contributed by atoms with E-state index in [1.165, 1.54) is 12.0 Å². The number of rotatable bonds is 4. The van der Waals surface area contributed by atoms with Gasteiger partial charge in [-0.05, 0) is 30.9 Å². The van der Waals surface area contributed by atoms with E-state index in [9.17, 15) is 4.79 Å². The van der Waals surface area contributed by atoms with E-state index in [1.807, 2.05) is 6.92 Å². The summed E-state index contributed by atoms with van der Waals surface area (Å²) in [6, 6.07) is 0. The maximum atomic E-state index is 12.3. The Labute approximate surface area is 136 Å². The van der Waals surface area contributed by atoms with Crippen LogP contribution in [0.4, 0.5) is 0 Å². The molecule has 0 spiro atoms. The number of nitrogens with zero attached hydrogens (tertiary/aromatic N) is 1. The molecule has 2 heterocycles. The fourth-order valence-corrected chi connectivity index (χ4v) is 4.13. The Morgan fingerprint density at radius 1 is 1.41 bits per heavy atom. The van der Waals surface area contributed by atoms with Crippen LogP contribution in [0.3, 0.4) is 0 Å². The van der Waals surface area contributed by atoms with Gasteiger partial charge >= 0.3 is 5.97 Å². The number of thiophene rings is 1. The highest BCUT2D eigenvalue weighted by Gasteiger charge is 2.33. The first-order valence-electron chi connectivity index (χ1n) is 7.59. The van der Waals surface area contributed by atoms with Gasteiger partial charge in [0.05, 0.1) is 25.8 Å². The molecule has 0 fully saturated rings. The van der Waals surface area contributed by atoms with E-state index in [4.69, 9.17) is 9.47 Å². The number of hydrogen-bond donors (Lipinski definition) is 0. The van der Waals surface area contributed by atoms with Gasteiger partial charge in [-0.25, -0.2) is 4.79 Å². The topological polar surface area (TPSA) is 38.8 Å². The number of fused-ring (bicyclic) bond motifs is 1. The number of methoxy groups -OCH3 is 1. The van der Waals surface area contributed by atoms with E-state index in [-0.39, 0.29) is 11.4 Å². The lowest BCUT2D eigenvalue weighted by molar-refractivity contribution is 0.0596. The van der Waals surface area contributed by atoms with Crippen LogP contribution >= 0.6 is 11.3 Å². The highest BCUT2D eigenvalue weighted by Crippen LogP contribution is 2.40. The maximum Gasteiger partial charge on any atom is 0.339 e. The van der Waals surface area contributed by atoms with Gasteiger partial charge in [0.25, 0.3) is 0 Å². The summed E-state index contributed by atoms with van der Waals surface area (Å²) in [5.74, 6) is 0.484. The van der Waals surface area contributed by atoms with Crippen molar-refractivity contribution in [1.29, 1.82) is 0 Å². The SMILES string of the molecule is C=C(OCC)N1CCc2c(sc(C(C)(C)C)c2C(=O)OC)C1. The van der Waals surface area contributed by atoms with Crippen LogP contribution < -0.4 is 0 Å². The maximum absolute atomic E-state index is 12.3. The second-order valence-electron chi connectivity index (χ2n) is 6.45. The van der Waals surface area contributed by atoms with Crippen molar-refractivity contribution in [2.75, 3.05) is 20.3 Å². The van der Waals surface area contributed by atoms with Gasteiger partial charge in [0.1, 0.15) is 0 Å². The number of carbonyl (C=O) groups excluding carboxylic acids is 1. The molecule has 1 aliphatic rings. The van der Waals surface area contributed by atoms with Crippen LogP contribution in [0.25, 0.3) is 0 Å². The van der Waals surface area contributed by atoms with Crippen LogP contribution in [0.1, 0.15) is 53.4 Å². The van der Waals surface area contributed by atoms with E-state index >= 15 is 0 Å². The average molecular weight is 323 g/mol. The first-order chi connectivity index (χ1) is 10.3. The van der Waals surface area contributed by atoms with E-state index in [0.29, 0.717) is 12.5 Å². The van der Waals surface area contributed by atoms with E-state index in [1.54, 1.807) is 11.3 Å². The van der Waals surface area contributed by atoms with Crippen molar-refractivity contribution in [3.05, 3.63) is 33.3 Å². The Morgan fingerprint density at radius 2 is 2.09 bits per heavy atom. The van der Waals surface area contributed by atoms with Gasteiger partial charge < -0.3 is 14.4 Å². The second kappa shape index (κ2) is 6.32. The molecule has 0 aliphatic carbocycles. The van der Waals surface area contributed by atoms with Crippen molar-refractivity contribution in [2.24, 2.45) is 0 Å². The lowest BCUT2D eigenvalue weighted by atomic mass is 9.89. The molecule has 1 aromatic rings. The molecule has 1 aliphatic heterocycles. The summed E-state index contributed by atoms with van der Waals surface area (Å²) in [7, 11) is 1.45. The molecule has 0 saturated heterocycles. The Hall–Kier alpha value is -1.49. The van der Waals surface area contributed by atoms with Crippen LogP contribution in [0.15, 0.2) is 12.5 Å². The minimum Gasteiger partial charge on any atom is -0.480 e. The highest BCUT2D eigenvalue weighted by molar-refractivity contribution is 7.12. The lowest BCUT2D eigenvalue weighted by Crippen LogP contribution is -2.30. The third kappa shape index (κ3) is 3.14. The fourth-order valence-electron chi connectivity index (χ4n) is 2.72. The number of esters is 1. The zero-order valence-corrected chi connectivity index (χ0v) is 14.9. The molecule has 5 heteroatoms. The second-order valence-corrected chi connectivity index (χ2v) is 7.55. The van der Waals surface area contributed by atoms with Gasteiger partial charge in [0.2, 0.25) is 0 Å². The lowest BCUT2D eigenvalue weighted by Gasteiger charge is -2.29. The molecule has 2 rings (SSSR count). The van der Waals surface area contributed by atoms with Gasteiger partial charge in [-0.1, -0.05) is 20.8 Å². The molecular weight excluding hydrogens is 298 g/mol. The zero-order valence-electron chi connectivity index (χ0n) is 14.1. The van der Waals surface area contributed by atoms with Crippen LogP contribution in [0.5, 0.6) is 0 Å². The third-order valence-corrected chi connectivity index (χ3v) is 5.43. The largest absolute Gasteiger partial charge is 0.480 e. The summed E-state index contributed by atoms with van der Waals surface area (Å²) in [5.41, 5.74) is 1.84. The van der Waals surface area contributed by atoms with Crippen LogP contribution in [0.2, 0.25) is 0 Å². The summed E-state index contributed by atoms with van der Waals surface area (Å²) in [4.78, 5) is 16.7. The van der Waals surface area contributed by atoms with Crippen LogP contribution in [-0.2, 0) is 27.9 Å². The van der Waals surface area contributed by atoms with E-state index < -0.39 is 0 Å². The summed E-state index contributed by atoms with van der Waals surface area (Å²) in [6.45, 7) is 14.5. The van der Waals surface area contributed by atoms with Crippen molar-refractivity contribution in [3.8, 4) is 0 Å². The number of carbonyl (C=O) groups is 1. The molecule has 4 nitrogen and oxygen atoms in total. The fraction of sp³-hybridized carbons (Fsp3) is 0.588. The molecule has 0 radical (unpaired) electrons. The Kier molecular flexibility index (Phi) is 4.85.